The number of hydrogen-bond donors (Lipinski definition) is 1. The van der Waals surface area contributed by atoms with Crippen LogP contribution in [0, 0.1) is 13.8 Å². The fourth-order valence-corrected chi connectivity index (χ4v) is 3.18. The van der Waals surface area contributed by atoms with Crippen LogP contribution in [0.15, 0.2) is 0 Å². The van der Waals surface area contributed by atoms with Gasteiger partial charge in [-0.2, -0.15) is 0 Å². The molecule has 1 N–H and O–H groups in total. The number of aryl methyl sites for hydroxylation is 2. The summed E-state index contributed by atoms with van der Waals surface area (Å²) in [5.41, 5.74) is 1.18. The molecule has 1 aliphatic rings. The molecule has 0 amide bonds. The van der Waals surface area contributed by atoms with E-state index in [1.54, 1.807) is 0 Å². The van der Waals surface area contributed by atoms with E-state index in [2.05, 4.69) is 29.0 Å². The number of hydrogen-bond acceptors (Lipinski definition) is 5. The zero-order valence-electron chi connectivity index (χ0n) is 10.8. The molecule has 1 atom stereocenters. The molecule has 4 nitrogen and oxygen atoms in total. The maximum atomic E-state index is 5.71. The van der Waals surface area contributed by atoms with Crippen LogP contribution in [0.5, 0.6) is 0 Å². The molecule has 0 aliphatic carbocycles. The van der Waals surface area contributed by atoms with E-state index < -0.39 is 0 Å². The predicted molar refractivity (Wildman–Crippen MR) is 70.5 cm³/mol. The molecule has 1 aromatic heterocycles. The van der Waals surface area contributed by atoms with Crippen molar-refractivity contribution in [1.29, 1.82) is 0 Å². The van der Waals surface area contributed by atoms with Crippen LogP contribution in [0.25, 0.3) is 0 Å². The number of aromatic nitrogens is 1. The van der Waals surface area contributed by atoms with Gasteiger partial charge in [0.2, 0.25) is 0 Å². The van der Waals surface area contributed by atoms with Gasteiger partial charge in [0, 0.05) is 31.1 Å². The Hall–Kier alpha value is -0.490. The molecule has 1 aromatic rings. The van der Waals surface area contributed by atoms with Crippen LogP contribution in [0.4, 0.5) is 0 Å². The van der Waals surface area contributed by atoms with Crippen molar-refractivity contribution in [3.05, 3.63) is 15.6 Å². The summed E-state index contributed by atoms with van der Waals surface area (Å²) in [7, 11) is 1.97. The van der Waals surface area contributed by atoms with Crippen molar-refractivity contribution in [3.8, 4) is 0 Å². The molecule has 0 spiro atoms. The van der Waals surface area contributed by atoms with Crippen molar-refractivity contribution < 1.29 is 4.74 Å². The Morgan fingerprint density at radius 2 is 2.35 bits per heavy atom. The van der Waals surface area contributed by atoms with Crippen molar-refractivity contribution in [2.45, 2.75) is 26.5 Å². The first-order valence-electron chi connectivity index (χ1n) is 6.10. The molecule has 0 bridgehead atoms. The maximum Gasteiger partial charge on any atom is 0.0900 e. The van der Waals surface area contributed by atoms with Gasteiger partial charge < -0.3 is 10.1 Å². The Kier molecular flexibility index (Phi) is 4.50. The van der Waals surface area contributed by atoms with E-state index in [-0.39, 0.29) is 0 Å². The molecule has 1 fully saturated rings. The minimum atomic E-state index is 0.322. The molecule has 1 unspecified atom stereocenters. The summed E-state index contributed by atoms with van der Waals surface area (Å²) in [4.78, 5) is 8.34. The lowest BCUT2D eigenvalue weighted by molar-refractivity contribution is -0.0289. The molecule has 96 valence electrons. The van der Waals surface area contributed by atoms with Crippen LogP contribution in [-0.2, 0) is 11.3 Å². The summed E-state index contributed by atoms with van der Waals surface area (Å²) in [5, 5.41) is 4.34. The van der Waals surface area contributed by atoms with E-state index in [9.17, 15) is 0 Å². The fraction of sp³-hybridized carbons (Fsp3) is 0.750. The first-order valence-corrected chi connectivity index (χ1v) is 6.92. The fourth-order valence-electron chi connectivity index (χ4n) is 2.20. The zero-order valence-corrected chi connectivity index (χ0v) is 11.6. The van der Waals surface area contributed by atoms with Crippen LogP contribution in [-0.4, -0.2) is 49.3 Å². The lowest BCUT2D eigenvalue weighted by atomic mass is 10.2. The molecule has 1 aliphatic heterocycles. The highest BCUT2D eigenvalue weighted by Gasteiger charge is 2.21. The third kappa shape index (κ3) is 3.48. The van der Waals surface area contributed by atoms with Gasteiger partial charge in [-0.3, -0.25) is 4.90 Å². The summed E-state index contributed by atoms with van der Waals surface area (Å²) in [6.45, 7) is 8.99. The van der Waals surface area contributed by atoms with Crippen LogP contribution in [0.1, 0.15) is 15.6 Å². The van der Waals surface area contributed by atoms with Crippen molar-refractivity contribution in [2.24, 2.45) is 0 Å². The lowest BCUT2D eigenvalue weighted by Crippen LogP contribution is -2.45. The van der Waals surface area contributed by atoms with Crippen molar-refractivity contribution in [2.75, 3.05) is 33.3 Å². The molecule has 2 heterocycles. The molecule has 0 aromatic carbocycles. The number of nitrogens with one attached hydrogen (secondary N) is 1. The van der Waals surface area contributed by atoms with Crippen molar-refractivity contribution in [1.82, 2.24) is 15.2 Å². The van der Waals surface area contributed by atoms with Gasteiger partial charge in [-0.15, -0.1) is 11.3 Å². The summed E-state index contributed by atoms with van der Waals surface area (Å²) in [5.74, 6) is 0. The largest absolute Gasteiger partial charge is 0.374 e. The smallest absolute Gasteiger partial charge is 0.0900 e. The molecular formula is C12H21N3OS. The monoisotopic (exact) mass is 255 g/mol. The highest BCUT2D eigenvalue weighted by atomic mass is 32.1. The third-order valence-corrected chi connectivity index (χ3v) is 4.08. The second kappa shape index (κ2) is 5.91. The van der Waals surface area contributed by atoms with Crippen LogP contribution >= 0.6 is 11.3 Å². The SMILES string of the molecule is CNCC1CN(Cc2sc(C)nc2C)CCO1. The van der Waals surface area contributed by atoms with Gasteiger partial charge in [0.25, 0.3) is 0 Å². The van der Waals surface area contributed by atoms with Gasteiger partial charge in [-0.1, -0.05) is 0 Å². The third-order valence-electron chi connectivity index (χ3n) is 3.02. The van der Waals surface area contributed by atoms with E-state index in [1.807, 2.05) is 18.4 Å². The van der Waals surface area contributed by atoms with Gasteiger partial charge in [-0.05, 0) is 20.9 Å². The number of morpholine rings is 1. The van der Waals surface area contributed by atoms with Crippen molar-refractivity contribution in [3.63, 3.8) is 0 Å². The van der Waals surface area contributed by atoms with Crippen molar-refractivity contribution >= 4 is 11.3 Å². The molecule has 1 saturated heterocycles. The maximum absolute atomic E-state index is 5.71. The van der Waals surface area contributed by atoms with E-state index in [1.165, 1.54) is 10.6 Å². The topological polar surface area (TPSA) is 37.4 Å². The summed E-state index contributed by atoms with van der Waals surface area (Å²) >= 11 is 1.81. The Morgan fingerprint density at radius 1 is 1.53 bits per heavy atom. The standard InChI is InChI=1S/C12H21N3OS/c1-9-12(17-10(2)14-9)8-15-4-5-16-11(7-15)6-13-3/h11,13H,4-8H2,1-3H3. The van der Waals surface area contributed by atoms with Gasteiger partial charge in [0.05, 0.1) is 23.4 Å². The van der Waals surface area contributed by atoms with Crippen LogP contribution < -0.4 is 5.32 Å². The average Bonchev–Trinajstić information content (AvgIpc) is 2.58. The number of rotatable bonds is 4. The number of thiazole rings is 1. The number of likely N-dealkylation sites (N-methyl/N-ethyl adjacent to an activating group) is 1. The summed E-state index contributed by atoms with van der Waals surface area (Å²) in [6, 6.07) is 0. The van der Waals surface area contributed by atoms with E-state index in [4.69, 9.17) is 4.74 Å². The Labute approximate surface area is 107 Å². The molecule has 2 rings (SSSR count). The molecule has 0 radical (unpaired) electrons. The van der Waals surface area contributed by atoms with E-state index >= 15 is 0 Å². The minimum Gasteiger partial charge on any atom is -0.374 e. The highest BCUT2D eigenvalue weighted by molar-refractivity contribution is 7.11. The molecule has 5 heteroatoms. The number of ether oxygens (including phenoxy) is 1. The molecule has 0 saturated carbocycles. The molecule has 17 heavy (non-hydrogen) atoms. The second-order valence-electron chi connectivity index (χ2n) is 4.53. The summed E-state index contributed by atoms with van der Waals surface area (Å²) < 4.78 is 5.71. The normalized spacial score (nSPS) is 21.9. The van der Waals surface area contributed by atoms with Gasteiger partial charge in [-0.25, -0.2) is 4.98 Å². The Bertz CT molecular complexity index is 365. The predicted octanol–water partition coefficient (Wildman–Crippen LogP) is 1.18. The quantitative estimate of drug-likeness (QED) is 0.877. The van der Waals surface area contributed by atoms with Gasteiger partial charge in [0.15, 0.2) is 0 Å². The lowest BCUT2D eigenvalue weighted by Gasteiger charge is -2.32. The Balaban J connectivity index is 1.92. The highest BCUT2D eigenvalue weighted by Crippen LogP contribution is 2.20. The first kappa shape index (κ1) is 13.0. The van der Waals surface area contributed by atoms with Crippen LogP contribution in [0.3, 0.4) is 0 Å². The van der Waals surface area contributed by atoms with Gasteiger partial charge in [0.1, 0.15) is 0 Å². The molecular weight excluding hydrogens is 234 g/mol. The van der Waals surface area contributed by atoms with Gasteiger partial charge >= 0.3 is 0 Å². The minimum absolute atomic E-state index is 0.322. The second-order valence-corrected chi connectivity index (χ2v) is 5.81. The van der Waals surface area contributed by atoms with Crippen LogP contribution in [0.2, 0.25) is 0 Å². The van der Waals surface area contributed by atoms with E-state index in [0.29, 0.717) is 6.10 Å². The Morgan fingerprint density at radius 3 is 3.00 bits per heavy atom. The average molecular weight is 255 g/mol. The zero-order chi connectivity index (χ0) is 12.3. The van der Waals surface area contributed by atoms with E-state index in [0.717, 1.165) is 37.8 Å². The number of nitrogens with zero attached hydrogens (tertiary/aromatic N) is 2. The summed E-state index contributed by atoms with van der Waals surface area (Å²) in [6.07, 6.45) is 0.322. The first-order chi connectivity index (χ1) is 8.19.